The van der Waals surface area contributed by atoms with E-state index in [1.54, 1.807) is 0 Å². The number of imide groups is 1. The summed E-state index contributed by atoms with van der Waals surface area (Å²) in [7, 11) is 0. The molecule has 29 heavy (non-hydrogen) atoms. The minimum absolute atomic E-state index is 0.0986. The fraction of sp³-hybridized carbons (Fsp3) is 0.318. The van der Waals surface area contributed by atoms with Crippen molar-refractivity contribution in [1.29, 1.82) is 0 Å². The number of benzene rings is 2. The monoisotopic (exact) mass is 394 g/mol. The van der Waals surface area contributed by atoms with Gasteiger partial charge in [0.15, 0.2) is 0 Å². The second kappa shape index (κ2) is 9.34. The zero-order valence-electron chi connectivity index (χ0n) is 16.7. The number of carbonyl (C=O) groups excluding carboxylic acids is 3. The van der Waals surface area contributed by atoms with E-state index >= 15 is 0 Å². The molecule has 1 fully saturated rings. The van der Waals surface area contributed by atoms with Crippen LogP contribution in [0, 0.1) is 0 Å². The molecule has 1 aliphatic rings. The average Bonchev–Trinajstić information content (AvgIpc) is 3.13. The lowest BCUT2D eigenvalue weighted by molar-refractivity contribution is -0.129. The fourth-order valence-electron chi connectivity index (χ4n) is 3.41. The predicted molar refractivity (Wildman–Crippen MR) is 111 cm³/mol. The van der Waals surface area contributed by atoms with Crippen molar-refractivity contribution in [3.8, 4) is 0 Å². The van der Waals surface area contributed by atoms with Crippen LogP contribution >= 0.6 is 0 Å². The molecule has 1 saturated heterocycles. The summed E-state index contributed by atoms with van der Waals surface area (Å²) in [5.74, 6) is -0.355. The quantitative estimate of drug-likeness (QED) is 0.757. The molecule has 0 unspecified atom stereocenters. The van der Waals surface area contributed by atoms with Crippen LogP contribution in [0.3, 0.4) is 0 Å². The third-order valence-corrected chi connectivity index (χ3v) is 4.96. The topological polar surface area (TPSA) is 81.8 Å². The number of anilines is 1. The molecule has 1 aliphatic heterocycles. The van der Waals surface area contributed by atoms with Crippen molar-refractivity contribution < 1.29 is 14.4 Å². The maximum absolute atomic E-state index is 12.8. The molecule has 0 aliphatic carbocycles. The first-order valence-corrected chi connectivity index (χ1v) is 9.68. The van der Waals surface area contributed by atoms with E-state index in [0.29, 0.717) is 25.3 Å². The number of hydrogen-bond acceptors (Lipinski definition) is 4. The largest absolute Gasteiger partial charge is 0.336 e. The SMILES string of the molecule is CC(=O)Nc1cccc([C@H](C)N(CC(=O)N2CCNC2=O)Cc2ccccc2)c1. The Labute approximate surface area is 170 Å². The average molecular weight is 394 g/mol. The Balaban J connectivity index is 1.82. The van der Waals surface area contributed by atoms with E-state index in [1.807, 2.05) is 66.4 Å². The zero-order valence-corrected chi connectivity index (χ0v) is 16.7. The maximum Gasteiger partial charge on any atom is 0.324 e. The number of carbonyl (C=O) groups is 3. The highest BCUT2D eigenvalue weighted by molar-refractivity contribution is 5.96. The van der Waals surface area contributed by atoms with Gasteiger partial charge in [-0.2, -0.15) is 0 Å². The second-order valence-electron chi connectivity index (χ2n) is 7.15. The lowest BCUT2D eigenvalue weighted by Crippen LogP contribution is -2.42. The Morgan fingerprint density at radius 1 is 1.17 bits per heavy atom. The molecule has 152 valence electrons. The third-order valence-electron chi connectivity index (χ3n) is 4.96. The van der Waals surface area contributed by atoms with E-state index in [1.165, 1.54) is 11.8 Å². The standard InChI is InChI=1S/C22H26N4O3/c1-16(19-9-6-10-20(13-19)24-17(2)27)25(14-18-7-4-3-5-8-18)15-21(28)26-12-11-23-22(26)29/h3-10,13,16H,11-12,14-15H2,1-2H3,(H,23,29)(H,24,27)/t16-/m0/s1. The molecular formula is C22H26N4O3. The van der Waals surface area contributed by atoms with E-state index in [-0.39, 0.29) is 30.4 Å². The van der Waals surface area contributed by atoms with Crippen LogP contribution in [0.25, 0.3) is 0 Å². The molecule has 0 radical (unpaired) electrons. The van der Waals surface area contributed by atoms with Gasteiger partial charge < -0.3 is 10.6 Å². The lowest BCUT2D eigenvalue weighted by Gasteiger charge is -2.30. The van der Waals surface area contributed by atoms with E-state index in [4.69, 9.17) is 0 Å². The summed E-state index contributed by atoms with van der Waals surface area (Å²) in [6.45, 7) is 5.05. The summed E-state index contributed by atoms with van der Waals surface area (Å²) in [5, 5.41) is 5.46. The highest BCUT2D eigenvalue weighted by atomic mass is 16.2. The van der Waals surface area contributed by atoms with Gasteiger partial charge in [-0.3, -0.25) is 19.4 Å². The van der Waals surface area contributed by atoms with Gasteiger partial charge in [0.2, 0.25) is 11.8 Å². The number of hydrogen-bond donors (Lipinski definition) is 2. The molecule has 0 aromatic heterocycles. The highest BCUT2D eigenvalue weighted by Gasteiger charge is 2.29. The molecule has 2 N–H and O–H groups in total. The van der Waals surface area contributed by atoms with Crippen molar-refractivity contribution in [3.05, 3.63) is 65.7 Å². The zero-order chi connectivity index (χ0) is 20.8. The molecule has 2 aromatic rings. The van der Waals surface area contributed by atoms with Crippen LogP contribution in [0.1, 0.15) is 31.0 Å². The van der Waals surface area contributed by atoms with Gasteiger partial charge in [-0.15, -0.1) is 0 Å². The number of rotatable bonds is 7. The molecule has 2 aromatic carbocycles. The van der Waals surface area contributed by atoms with Crippen molar-refractivity contribution in [2.75, 3.05) is 25.0 Å². The summed E-state index contributed by atoms with van der Waals surface area (Å²) in [4.78, 5) is 39.3. The third kappa shape index (κ3) is 5.42. The van der Waals surface area contributed by atoms with Gasteiger partial charge in [-0.25, -0.2) is 4.79 Å². The molecule has 3 rings (SSSR count). The van der Waals surface area contributed by atoms with E-state index < -0.39 is 0 Å². The van der Waals surface area contributed by atoms with Crippen LogP contribution in [0.5, 0.6) is 0 Å². The number of amides is 4. The van der Waals surface area contributed by atoms with Crippen LogP contribution in [-0.4, -0.2) is 47.3 Å². The van der Waals surface area contributed by atoms with Crippen molar-refractivity contribution in [2.24, 2.45) is 0 Å². The Kier molecular flexibility index (Phi) is 6.61. The van der Waals surface area contributed by atoms with Gasteiger partial charge in [-0.05, 0) is 30.2 Å². The minimum Gasteiger partial charge on any atom is -0.336 e. The van der Waals surface area contributed by atoms with E-state index in [2.05, 4.69) is 10.6 Å². The first kappa shape index (κ1) is 20.5. The Morgan fingerprint density at radius 3 is 2.59 bits per heavy atom. The number of nitrogens with zero attached hydrogens (tertiary/aromatic N) is 2. The molecular weight excluding hydrogens is 368 g/mol. The van der Waals surface area contributed by atoms with Crippen LogP contribution < -0.4 is 10.6 Å². The van der Waals surface area contributed by atoms with E-state index in [0.717, 1.165) is 11.1 Å². The van der Waals surface area contributed by atoms with Gasteiger partial charge >= 0.3 is 6.03 Å². The molecule has 4 amide bonds. The molecule has 1 atom stereocenters. The molecule has 7 heteroatoms. The van der Waals surface area contributed by atoms with Crippen molar-refractivity contribution in [1.82, 2.24) is 15.1 Å². The maximum atomic E-state index is 12.8. The molecule has 0 saturated carbocycles. The Hall–Kier alpha value is -3.19. The normalized spacial score (nSPS) is 14.6. The molecule has 0 bridgehead atoms. The molecule has 7 nitrogen and oxygen atoms in total. The van der Waals surface area contributed by atoms with Gasteiger partial charge in [0.1, 0.15) is 0 Å². The summed E-state index contributed by atoms with van der Waals surface area (Å²) in [6.07, 6.45) is 0. The first-order valence-electron chi connectivity index (χ1n) is 9.68. The molecule has 1 heterocycles. The smallest absolute Gasteiger partial charge is 0.324 e. The lowest BCUT2D eigenvalue weighted by atomic mass is 10.0. The summed E-state index contributed by atoms with van der Waals surface area (Å²) >= 11 is 0. The van der Waals surface area contributed by atoms with Gasteiger partial charge in [0, 0.05) is 38.3 Å². The Morgan fingerprint density at radius 2 is 1.93 bits per heavy atom. The minimum atomic E-state index is -0.338. The number of urea groups is 1. The van der Waals surface area contributed by atoms with Gasteiger partial charge in [0.05, 0.1) is 6.54 Å². The van der Waals surface area contributed by atoms with Crippen LogP contribution in [0.2, 0.25) is 0 Å². The second-order valence-corrected chi connectivity index (χ2v) is 7.15. The van der Waals surface area contributed by atoms with Gasteiger partial charge in [0.25, 0.3) is 0 Å². The van der Waals surface area contributed by atoms with Crippen LogP contribution in [0.4, 0.5) is 10.5 Å². The predicted octanol–water partition coefficient (Wildman–Crippen LogP) is 2.76. The van der Waals surface area contributed by atoms with Crippen molar-refractivity contribution in [3.63, 3.8) is 0 Å². The van der Waals surface area contributed by atoms with Crippen LogP contribution in [-0.2, 0) is 16.1 Å². The van der Waals surface area contributed by atoms with Crippen molar-refractivity contribution >= 4 is 23.5 Å². The highest BCUT2D eigenvalue weighted by Crippen LogP contribution is 2.25. The van der Waals surface area contributed by atoms with Gasteiger partial charge in [-0.1, -0.05) is 42.5 Å². The summed E-state index contributed by atoms with van der Waals surface area (Å²) < 4.78 is 0. The number of nitrogens with one attached hydrogen (secondary N) is 2. The van der Waals surface area contributed by atoms with Crippen LogP contribution in [0.15, 0.2) is 54.6 Å². The van der Waals surface area contributed by atoms with E-state index in [9.17, 15) is 14.4 Å². The first-order chi connectivity index (χ1) is 13.9. The van der Waals surface area contributed by atoms with Crippen molar-refractivity contribution in [2.45, 2.75) is 26.4 Å². The summed E-state index contributed by atoms with van der Waals surface area (Å²) in [5.41, 5.74) is 2.77. The molecule has 0 spiro atoms. The fourth-order valence-corrected chi connectivity index (χ4v) is 3.41. The summed E-state index contributed by atoms with van der Waals surface area (Å²) in [6, 6.07) is 17.1. The Bertz CT molecular complexity index is 885.